The Kier molecular flexibility index (Phi) is 8.97. The molecular formula is C20H30Cl2N5OP. The lowest BCUT2D eigenvalue weighted by Crippen LogP contribution is -2.31. The third kappa shape index (κ3) is 6.71. The van der Waals surface area contributed by atoms with Gasteiger partial charge in [0.1, 0.15) is 0 Å². The molecule has 0 amide bonds. The van der Waals surface area contributed by atoms with Gasteiger partial charge in [-0.05, 0) is 48.5 Å². The van der Waals surface area contributed by atoms with E-state index in [2.05, 4.69) is 10.2 Å². The van der Waals surface area contributed by atoms with Crippen molar-refractivity contribution in [3.8, 4) is 0 Å². The lowest BCUT2D eigenvalue weighted by molar-refractivity contribution is 0.454. The van der Waals surface area contributed by atoms with Crippen LogP contribution < -0.4 is 20.0 Å². The monoisotopic (exact) mass is 457 g/mol. The molecule has 6 nitrogen and oxygen atoms in total. The number of hydrogen-bond donors (Lipinski definition) is 2. The fourth-order valence-corrected chi connectivity index (χ4v) is 5.52. The molecule has 0 unspecified atom stereocenters. The summed E-state index contributed by atoms with van der Waals surface area (Å²) in [5, 5.41) is 6.40. The van der Waals surface area contributed by atoms with E-state index in [-0.39, 0.29) is 0 Å². The highest BCUT2D eigenvalue weighted by molar-refractivity contribution is 7.64. The van der Waals surface area contributed by atoms with Crippen molar-refractivity contribution in [1.29, 1.82) is 0 Å². The number of nitrogens with zero attached hydrogens (tertiary/aromatic N) is 3. The first-order valence-electron chi connectivity index (χ1n) is 9.38. The van der Waals surface area contributed by atoms with Crippen molar-refractivity contribution in [3.05, 3.63) is 48.5 Å². The van der Waals surface area contributed by atoms with Crippen LogP contribution in [0.4, 0.5) is 22.7 Å². The number of alkyl halides is 2. The summed E-state index contributed by atoms with van der Waals surface area (Å²) < 4.78 is 15.8. The highest BCUT2D eigenvalue weighted by Crippen LogP contribution is 2.49. The lowest BCUT2D eigenvalue weighted by atomic mass is 10.3. The van der Waals surface area contributed by atoms with Crippen LogP contribution in [0.2, 0.25) is 0 Å². The quantitative estimate of drug-likeness (QED) is 0.355. The Morgan fingerprint density at radius 2 is 1.07 bits per heavy atom. The molecule has 2 aromatic carbocycles. The zero-order chi connectivity index (χ0) is 21.4. The predicted octanol–water partition coefficient (Wildman–Crippen LogP) is 5.23. The SMILES string of the molecule is CN(C)c1ccc(NP(=O)(Nc2ccc(N(C)C)cc2)N(CCCl)CCCl)cc1. The van der Waals surface area contributed by atoms with Gasteiger partial charge in [-0.15, -0.1) is 23.2 Å². The second-order valence-electron chi connectivity index (χ2n) is 7.01. The Hall–Kier alpha value is -1.59. The maximum Gasteiger partial charge on any atom is 0.330 e. The summed E-state index contributed by atoms with van der Waals surface area (Å²) in [6.07, 6.45) is 0. The molecule has 0 spiro atoms. The summed E-state index contributed by atoms with van der Waals surface area (Å²) in [5.41, 5.74) is 3.64. The van der Waals surface area contributed by atoms with Crippen LogP contribution in [0.15, 0.2) is 48.5 Å². The van der Waals surface area contributed by atoms with Gasteiger partial charge in [-0.3, -0.25) is 4.57 Å². The average molecular weight is 458 g/mol. The third-order valence-electron chi connectivity index (χ3n) is 4.41. The van der Waals surface area contributed by atoms with Crippen LogP contribution >= 0.6 is 30.8 Å². The van der Waals surface area contributed by atoms with Crippen LogP contribution in [0.5, 0.6) is 0 Å². The minimum Gasteiger partial charge on any atom is -0.378 e. The molecule has 9 heteroatoms. The number of halogens is 2. The maximum absolute atomic E-state index is 14.0. The van der Waals surface area contributed by atoms with Crippen LogP contribution in [-0.4, -0.2) is 57.7 Å². The molecule has 0 bridgehead atoms. The number of hydrogen-bond acceptors (Lipinski definition) is 3. The molecular weight excluding hydrogens is 428 g/mol. The summed E-state index contributed by atoms with van der Waals surface area (Å²) in [6.45, 7) is 0.883. The maximum atomic E-state index is 14.0. The van der Waals surface area contributed by atoms with Crippen molar-refractivity contribution in [2.75, 3.05) is 73.0 Å². The van der Waals surface area contributed by atoms with E-state index in [0.29, 0.717) is 24.8 Å². The summed E-state index contributed by atoms with van der Waals surface area (Å²) >= 11 is 12.0. The Morgan fingerprint density at radius 3 is 1.34 bits per heavy atom. The van der Waals surface area contributed by atoms with E-state index in [0.717, 1.165) is 22.7 Å². The van der Waals surface area contributed by atoms with E-state index in [1.54, 1.807) is 4.67 Å². The van der Waals surface area contributed by atoms with Crippen molar-refractivity contribution < 1.29 is 4.57 Å². The summed E-state index contributed by atoms with van der Waals surface area (Å²) in [5.74, 6) is 0.701. The standard InChI is InChI=1S/C20H30Cl2N5OP/c1-25(2)19-9-5-17(6-10-19)23-29(28,27(15-13-21)16-14-22)24-18-7-11-20(12-8-18)26(3)4/h5-12H,13-16H2,1-4H3,(H2,23,24,28). The Balaban J connectivity index is 2.32. The van der Waals surface area contributed by atoms with Crippen molar-refractivity contribution in [1.82, 2.24) is 4.67 Å². The number of nitrogens with one attached hydrogen (secondary N) is 2. The van der Waals surface area contributed by atoms with Gasteiger partial charge in [0.15, 0.2) is 0 Å². The molecule has 0 aliphatic heterocycles. The second kappa shape index (κ2) is 11.0. The molecule has 2 N–H and O–H groups in total. The molecule has 0 atom stereocenters. The zero-order valence-electron chi connectivity index (χ0n) is 17.4. The van der Waals surface area contributed by atoms with E-state index in [1.165, 1.54) is 0 Å². The molecule has 2 aromatic rings. The van der Waals surface area contributed by atoms with E-state index in [1.807, 2.05) is 86.5 Å². The van der Waals surface area contributed by atoms with Gasteiger partial charge in [-0.25, -0.2) is 4.67 Å². The van der Waals surface area contributed by atoms with E-state index in [9.17, 15) is 4.57 Å². The molecule has 2 rings (SSSR count). The predicted molar refractivity (Wildman–Crippen MR) is 129 cm³/mol. The molecule has 0 aliphatic rings. The second-order valence-corrected chi connectivity index (χ2v) is 9.93. The van der Waals surface area contributed by atoms with Gasteiger partial charge < -0.3 is 20.0 Å². The molecule has 29 heavy (non-hydrogen) atoms. The van der Waals surface area contributed by atoms with Crippen LogP contribution in [-0.2, 0) is 4.57 Å². The Labute approximate surface area is 184 Å². The smallest absolute Gasteiger partial charge is 0.330 e. The minimum absolute atomic E-state index is 0.351. The molecule has 0 aromatic heterocycles. The highest BCUT2D eigenvalue weighted by atomic mass is 35.5. The fraction of sp³-hybridized carbons (Fsp3) is 0.400. The van der Waals surface area contributed by atoms with E-state index >= 15 is 0 Å². The fourth-order valence-electron chi connectivity index (χ4n) is 2.78. The molecule has 0 aliphatic carbocycles. The first-order valence-corrected chi connectivity index (χ1v) is 12.1. The molecule has 0 saturated heterocycles. The van der Waals surface area contributed by atoms with Crippen LogP contribution in [0, 0.1) is 0 Å². The first-order chi connectivity index (χ1) is 13.8. The topological polar surface area (TPSA) is 50.9 Å². The Morgan fingerprint density at radius 1 is 0.724 bits per heavy atom. The van der Waals surface area contributed by atoms with Crippen LogP contribution in [0.1, 0.15) is 0 Å². The minimum atomic E-state index is -3.25. The Bertz CT molecular complexity index is 736. The molecule has 0 radical (unpaired) electrons. The summed E-state index contributed by atoms with van der Waals surface area (Å²) in [4.78, 5) is 4.03. The zero-order valence-corrected chi connectivity index (χ0v) is 19.8. The lowest BCUT2D eigenvalue weighted by Gasteiger charge is -2.32. The van der Waals surface area contributed by atoms with Crippen LogP contribution in [0.25, 0.3) is 0 Å². The van der Waals surface area contributed by atoms with Crippen LogP contribution in [0.3, 0.4) is 0 Å². The van der Waals surface area contributed by atoms with Crippen molar-refractivity contribution in [2.24, 2.45) is 0 Å². The van der Waals surface area contributed by atoms with Crippen molar-refractivity contribution >= 4 is 53.5 Å². The van der Waals surface area contributed by atoms with Gasteiger partial charge >= 0.3 is 7.59 Å². The molecule has 160 valence electrons. The molecule has 0 heterocycles. The summed E-state index contributed by atoms with van der Waals surface area (Å²) in [7, 11) is 4.68. The number of benzene rings is 2. The van der Waals surface area contributed by atoms with Gasteiger partial charge in [-0.2, -0.15) is 0 Å². The van der Waals surface area contributed by atoms with Gasteiger partial charge in [0.25, 0.3) is 0 Å². The normalized spacial score (nSPS) is 11.4. The first kappa shape index (κ1) is 23.7. The van der Waals surface area contributed by atoms with Gasteiger partial charge in [0, 0.05) is 75.8 Å². The third-order valence-corrected chi connectivity index (χ3v) is 7.07. The largest absolute Gasteiger partial charge is 0.378 e. The molecule has 0 fully saturated rings. The number of anilines is 4. The van der Waals surface area contributed by atoms with Crippen molar-refractivity contribution in [3.63, 3.8) is 0 Å². The highest BCUT2D eigenvalue weighted by Gasteiger charge is 2.30. The van der Waals surface area contributed by atoms with E-state index in [4.69, 9.17) is 23.2 Å². The van der Waals surface area contributed by atoms with Gasteiger partial charge in [-0.1, -0.05) is 0 Å². The van der Waals surface area contributed by atoms with Crippen molar-refractivity contribution in [2.45, 2.75) is 0 Å². The van der Waals surface area contributed by atoms with Gasteiger partial charge in [0.05, 0.1) is 0 Å². The molecule has 0 saturated carbocycles. The summed E-state index contributed by atoms with van der Waals surface area (Å²) in [6, 6.07) is 15.6. The van der Waals surface area contributed by atoms with Gasteiger partial charge in [0.2, 0.25) is 0 Å². The number of rotatable bonds is 11. The van der Waals surface area contributed by atoms with E-state index < -0.39 is 7.59 Å². The average Bonchev–Trinajstić information content (AvgIpc) is 2.68.